The quantitative estimate of drug-likeness (QED) is 0.0149. The Bertz CT molecular complexity index is 5160. The lowest BCUT2D eigenvalue weighted by Crippen LogP contribution is -2.27. The van der Waals surface area contributed by atoms with Crippen LogP contribution in [0.5, 0.6) is 11.6 Å². The maximum absolute atomic E-state index is 12.3. The summed E-state index contributed by atoms with van der Waals surface area (Å²) in [4.78, 5) is 87.4. The number of halogens is 7. The smallest absolute Gasteiger partial charge is 0.408 e. The summed E-state index contributed by atoms with van der Waals surface area (Å²) in [6, 6.07) is 35.1. The second kappa shape index (κ2) is 71.8. The standard InChI is InChI=1S/C13H15NO.C12H17F3N2.C12H16O.C11H18N2.C11H14O2.C10H16N2O.C10H17N2S.C10H15NOS.C9H16F2O.C9H14N2OS.C8H14F2O/c1-9(2)13(15)12-8-10-6-4-5-7-11(10)14(12)3;1-9(2)10(3)4-5-11-6-7-16-17(11)8-12(13,14)15;1-10(2)12(13)9-8-11-6-4-3-5-7-11;1-9(2)10(3)5-6-11-7-8-12-13(11)4;1-9(2)11(12)8-13-10-6-4-3-5-7-10;1-8(2)9(3)7-13-10-5-6-11-12(10)4;1-8(2)9(3)5-6-10-11-7-13-12(10)4;1-7(2)10(12)5-4-9-6-13-8(3)11-9;1-7(2)8(12)5-4-6-9(3,10)11;1-6(2)8(12)4-5-9-11-10-7(3)13-9;1-6(2)7(11)4-5-8(3,9)10/h4-9H,1-3H3;6-7,9H,3-5,8H2,1-2H3;3-7,10H,8-9H2,1-2H3;7-9H,3,5-6H2,1-2,4H3;3-7,9H,8H2,1-2H3;5-6,8H,3,7H2,1-2,4H3;7-8H,3,5-6H2,1-2,4H3;6-7H,4-5H2,1-3H3;7H,4-6H2,1-3H3;6H,4-5H2,1-3H3;6H,4-5H2,1-3H3/q;;;;;;+1;;;;. The lowest BCUT2D eigenvalue weighted by atomic mass is 9.99. The number of thiazole rings is 1. The zero-order valence-electron chi connectivity index (χ0n) is 93.0. The molecule has 21 nitrogen and oxygen atoms in total. The van der Waals surface area contributed by atoms with Crippen LogP contribution in [-0.4, -0.2) is 126 Å². The molecule has 0 spiro atoms. The Hall–Kier alpha value is -10.7. The number of hydrogen-bond donors (Lipinski definition) is 0. The number of Topliss-reactive ketones (excluding diaryl/α,β-unsaturated/α-hetero) is 7. The molecule has 0 saturated heterocycles. The lowest BCUT2D eigenvalue weighted by Gasteiger charge is -2.12. The van der Waals surface area contributed by atoms with Gasteiger partial charge in [0.1, 0.15) is 64.4 Å². The molecular weight excluding hydrogens is 1920 g/mol. The van der Waals surface area contributed by atoms with Crippen LogP contribution in [0.2, 0.25) is 0 Å². The number of ether oxygens (including phenoxy) is 2. The highest BCUT2D eigenvalue weighted by Gasteiger charge is 2.30. The predicted molar refractivity (Wildman–Crippen MR) is 585 cm³/mol. The number of fused-ring (bicyclic) bond motifs is 1. The molecule has 0 unspecified atom stereocenters. The third-order valence-corrected chi connectivity index (χ3v) is 25.3. The molecule has 0 N–H and O–H groups in total. The minimum Gasteiger partial charge on any atom is -0.486 e. The Kier molecular flexibility index (Phi) is 66.6. The van der Waals surface area contributed by atoms with Crippen LogP contribution in [0.25, 0.3) is 10.9 Å². The number of carbonyl (C=O) groups excluding carboxylic acids is 7. The van der Waals surface area contributed by atoms with Crippen LogP contribution >= 0.6 is 34.2 Å². The van der Waals surface area contributed by atoms with Crippen LogP contribution in [0.4, 0.5) is 30.7 Å². The fourth-order valence-electron chi connectivity index (χ4n) is 12.0. The van der Waals surface area contributed by atoms with Gasteiger partial charge in [-0.3, -0.25) is 42.9 Å². The number of aryl methyl sites for hydroxylation is 12. The summed E-state index contributed by atoms with van der Waals surface area (Å²) in [5, 5.41) is 25.8. The Morgan fingerprint density at radius 2 is 0.890 bits per heavy atom. The van der Waals surface area contributed by atoms with Gasteiger partial charge in [-0.2, -0.15) is 32.4 Å². The molecule has 146 heavy (non-hydrogen) atoms. The number of benzene rings is 3. The van der Waals surface area contributed by atoms with E-state index in [9.17, 15) is 64.3 Å². The molecule has 10 rings (SSSR count). The van der Waals surface area contributed by atoms with Gasteiger partial charge in [0.2, 0.25) is 23.2 Å². The molecule has 0 aliphatic heterocycles. The van der Waals surface area contributed by atoms with Gasteiger partial charge in [0.25, 0.3) is 0 Å². The summed E-state index contributed by atoms with van der Waals surface area (Å²) in [5.41, 5.74) is 12.7. The summed E-state index contributed by atoms with van der Waals surface area (Å²) < 4.78 is 105. The van der Waals surface area contributed by atoms with E-state index < -0.39 is 24.6 Å². The van der Waals surface area contributed by atoms with E-state index in [2.05, 4.69) is 125 Å². The average molecular weight is 2100 g/mol. The summed E-state index contributed by atoms with van der Waals surface area (Å²) >= 11 is 4.85. The van der Waals surface area contributed by atoms with Crippen molar-refractivity contribution in [1.82, 2.24) is 54.1 Å². The molecule has 812 valence electrons. The van der Waals surface area contributed by atoms with Crippen molar-refractivity contribution in [2.75, 3.05) is 13.2 Å². The van der Waals surface area contributed by atoms with Crippen LogP contribution in [0, 0.1) is 78.9 Å². The number of rotatable bonds is 44. The number of para-hydroxylation sites is 2. The molecule has 0 saturated carbocycles. The van der Waals surface area contributed by atoms with Gasteiger partial charge in [-0.1, -0.05) is 262 Å². The Labute approximate surface area is 880 Å². The van der Waals surface area contributed by atoms with Gasteiger partial charge >= 0.3 is 12.0 Å². The first kappa shape index (κ1) is 135. The number of aromatic nitrogens is 12. The maximum Gasteiger partial charge on any atom is 0.408 e. The van der Waals surface area contributed by atoms with Crippen molar-refractivity contribution in [1.29, 1.82) is 0 Å². The minimum atomic E-state index is -4.23. The summed E-state index contributed by atoms with van der Waals surface area (Å²) in [7, 11) is 7.82. The van der Waals surface area contributed by atoms with E-state index in [0.29, 0.717) is 91.8 Å². The second-order valence-corrected chi connectivity index (χ2v) is 43.0. The molecule has 3 aromatic carbocycles. The monoisotopic (exact) mass is 2090 g/mol. The summed E-state index contributed by atoms with van der Waals surface area (Å²) in [6.45, 7) is 64.5. The van der Waals surface area contributed by atoms with Crippen LogP contribution in [0.15, 0.2) is 187 Å². The van der Waals surface area contributed by atoms with E-state index in [1.54, 1.807) is 78.8 Å². The van der Waals surface area contributed by atoms with E-state index in [1.165, 1.54) is 28.6 Å². The second-order valence-electron chi connectivity index (χ2n) is 39.7. The van der Waals surface area contributed by atoms with E-state index in [1.807, 2.05) is 236 Å². The molecule has 10 aromatic rings. The molecule has 7 aromatic heterocycles. The molecule has 0 aliphatic carbocycles. The molecule has 0 amide bonds. The van der Waals surface area contributed by atoms with Gasteiger partial charge in [-0.15, -0.1) is 32.9 Å². The number of nitrogens with zero attached hydrogens (tertiary/aromatic N) is 12. The van der Waals surface area contributed by atoms with Crippen molar-refractivity contribution >= 4 is 85.6 Å². The highest BCUT2D eigenvalue weighted by Crippen LogP contribution is 2.27. The van der Waals surface area contributed by atoms with Crippen LogP contribution < -0.4 is 13.4 Å². The predicted octanol–water partition coefficient (Wildman–Crippen LogP) is 28.7. The highest BCUT2D eigenvalue weighted by atomic mass is 32.1. The van der Waals surface area contributed by atoms with Gasteiger partial charge in [0.05, 0.1) is 47.6 Å². The van der Waals surface area contributed by atoms with Crippen molar-refractivity contribution in [2.24, 2.45) is 93.3 Å². The number of hydrogen-bond acceptors (Lipinski definition) is 19. The zero-order chi connectivity index (χ0) is 111. The van der Waals surface area contributed by atoms with Crippen LogP contribution in [0.1, 0.15) is 291 Å². The van der Waals surface area contributed by atoms with Crippen LogP contribution in [0.3, 0.4) is 0 Å². The van der Waals surface area contributed by atoms with Gasteiger partial charge in [-0.05, 0) is 155 Å². The number of ketones is 7. The third kappa shape index (κ3) is 63.1. The largest absolute Gasteiger partial charge is 0.486 e. The fraction of sp³-hybridized carbons (Fsp3) is 0.557. The molecule has 7 heterocycles. The van der Waals surface area contributed by atoms with Gasteiger partial charge < -0.3 is 14.0 Å². The van der Waals surface area contributed by atoms with Crippen molar-refractivity contribution in [3.05, 3.63) is 236 Å². The molecule has 0 radical (unpaired) electrons. The highest BCUT2D eigenvalue weighted by molar-refractivity contribution is 7.11. The molecule has 0 atom stereocenters. The topological polar surface area (TPSA) is 252 Å². The molecule has 0 bridgehead atoms. The zero-order valence-corrected chi connectivity index (χ0v) is 95.5. The molecule has 31 heteroatoms. The normalized spacial score (nSPS) is 11.1. The maximum atomic E-state index is 12.3. The van der Waals surface area contributed by atoms with E-state index in [0.717, 1.165) is 129 Å². The lowest BCUT2D eigenvalue weighted by molar-refractivity contribution is -0.611. The van der Waals surface area contributed by atoms with Crippen molar-refractivity contribution in [3.8, 4) is 11.6 Å². The van der Waals surface area contributed by atoms with Crippen LogP contribution in [-0.2, 0) is 102 Å². The van der Waals surface area contributed by atoms with Crippen molar-refractivity contribution < 1.29 is 77.7 Å². The first-order valence-corrected chi connectivity index (χ1v) is 53.1. The average Bonchev–Trinajstić information content (AvgIpc) is 1.65. The Morgan fingerprint density at radius 3 is 1.32 bits per heavy atom. The Morgan fingerprint density at radius 1 is 0.438 bits per heavy atom. The number of allylic oxidation sites excluding steroid dienone is 3. The minimum absolute atomic E-state index is 0.0127. The first-order chi connectivity index (χ1) is 68.0. The fourth-order valence-corrected chi connectivity index (χ4v) is 13.9. The molecular formula is C115H172F7N12O9S3+. The van der Waals surface area contributed by atoms with E-state index in [4.69, 9.17) is 9.47 Å². The summed E-state index contributed by atoms with van der Waals surface area (Å²) in [6.07, 6.45) is 10.5. The van der Waals surface area contributed by atoms with Crippen molar-refractivity contribution in [2.45, 2.75) is 314 Å². The first-order valence-electron chi connectivity index (χ1n) is 50.5. The van der Waals surface area contributed by atoms with Gasteiger partial charge in [-0.25, -0.2) is 27.2 Å². The van der Waals surface area contributed by atoms with Crippen molar-refractivity contribution in [3.63, 3.8) is 0 Å². The third-order valence-electron chi connectivity index (χ3n) is 22.9. The molecule has 0 fully saturated rings. The Balaban J connectivity index is 0.00000159. The number of carbonyl (C=O) groups is 7. The molecule has 0 aliphatic rings. The van der Waals surface area contributed by atoms with Gasteiger partial charge in [0, 0.05) is 160 Å². The van der Waals surface area contributed by atoms with E-state index >= 15 is 0 Å². The SMILES string of the molecule is C=C(CCc1ccnn1C)C(C)C.C=C(CCc1ccnn1CC(F)(F)F)C(C)C.C=C(CCc1ncs[n+]1C)C(C)C.C=C(COc1ccnn1C)C(C)C.CC(C)C(=O)CCC(C)(F)F.CC(C)C(=O)CCCC(C)(F)F.CC(C)C(=O)CCc1ccccc1.CC(C)C(=O)COc1ccccc1.CC(C)C(=O)c1cc2ccccc2n1C.Cc1nc(CCC(=O)C(C)C)cs1.Cc1nnc(CCC(=O)C(C)C)s1. The van der Waals surface area contributed by atoms with Gasteiger partial charge in [0.15, 0.2) is 11.6 Å². The number of alkyl halides is 7. The van der Waals surface area contributed by atoms with E-state index in [-0.39, 0.29) is 96.8 Å². The summed E-state index contributed by atoms with van der Waals surface area (Å²) in [5.74, 6) is 1.03.